The third-order valence-electron chi connectivity index (χ3n) is 4.54. The van der Waals surface area contributed by atoms with Crippen LogP contribution in [0.3, 0.4) is 0 Å². The quantitative estimate of drug-likeness (QED) is 0.535. The lowest BCUT2D eigenvalue weighted by molar-refractivity contribution is -0.116. The summed E-state index contributed by atoms with van der Waals surface area (Å²) in [6.07, 6.45) is 1.70. The second-order valence-corrected chi connectivity index (χ2v) is 7.16. The van der Waals surface area contributed by atoms with Gasteiger partial charge in [0.05, 0.1) is 0 Å². The Balaban J connectivity index is 1.49. The molecule has 152 valence electrons. The number of aryl methyl sites for hydroxylation is 3. The van der Waals surface area contributed by atoms with Gasteiger partial charge < -0.3 is 14.4 Å². The molecule has 0 aliphatic heterocycles. The van der Waals surface area contributed by atoms with Crippen molar-refractivity contribution in [1.29, 1.82) is 0 Å². The lowest BCUT2D eigenvalue weighted by Gasteiger charge is -2.08. The fourth-order valence-corrected chi connectivity index (χ4v) is 3.22. The first kappa shape index (κ1) is 19.5. The number of nitrogens with one attached hydrogen (secondary N) is 1. The topological polar surface area (TPSA) is 85.8 Å². The number of imidazole rings is 1. The van der Waals surface area contributed by atoms with Gasteiger partial charge in [0, 0.05) is 17.4 Å². The SMILES string of the molecule is Cc1cc(C)cc(NC(=O)Cn2cc(-c3noc(-c4ccc(F)cc4)n3)nc2C)c1. The maximum Gasteiger partial charge on any atom is 0.258 e. The van der Waals surface area contributed by atoms with Crippen molar-refractivity contribution in [3.63, 3.8) is 0 Å². The lowest BCUT2D eigenvalue weighted by atomic mass is 10.1. The molecule has 0 bridgehead atoms. The van der Waals surface area contributed by atoms with Crippen molar-refractivity contribution in [1.82, 2.24) is 19.7 Å². The highest BCUT2D eigenvalue weighted by Gasteiger charge is 2.16. The van der Waals surface area contributed by atoms with Gasteiger partial charge in [0.15, 0.2) is 0 Å². The Hall–Kier alpha value is -3.81. The zero-order valence-electron chi connectivity index (χ0n) is 16.8. The van der Waals surface area contributed by atoms with Crippen LogP contribution in [0, 0.1) is 26.6 Å². The molecule has 1 N–H and O–H groups in total. The number of benzene rings is 2. The van der Waals surface area contributed by atoms with Crippen LogP contribution in [-0.4, -0.2) is 25.6 Å². The second kappa shape index (κ2) is 7.90. The summed E-state index contributed by atoms with van der Waals surface area (Å²) in [6.45, 7) is 5.88. The Morgan fingerprint density at radius 2 is 1.77 bits per heavy atom. The number of anilines is 1. The molecule has 8 heteroatoms. The van der Waals surface area contributed by atoms with Crippen LogP contribution in [0.4, 0.5) is 10.1 Å². The van der Waals surface area contributed by atoms with Crippen molar-refractivity contribution in [2.45, 2.75) is 27.3 Å². The Morgan fingerprint density at radius 3 is 2.47 bits per heavy atom. The largest absolute Gasteiger partial charge is 0.334 e. The van der Waals surface area contributed by atoms with Crippen LogP contribution in [0.5, 0.6) is 0 Å². The van der Waals surface area contributed by atoms with Crippen LogP contribution in [-0.2, 0) is 11.3 Å². The van der Waals surface area contributed by atoms with E-state index < -0.39 is 0 Å². The Morgan fingerprint density at radius 1 is 1.07 bits per heavy atom. The third-order valence-corrected chi connectivity index (χ3v) is 4.54. The van der Waals surface area contributed by atoms with Crippen LogP contribution in [0.1, 0.15) is 17.0 Å². The van der Waals surface area contributed by atoms with Gasteiger partial charge in [-0.25, -0.2) is 9.37 Å². The summed E-state index contributed by atoms with van der Waals surface area (Å²) in [6, 6.07) is 11.7. The molecule has 2 heterocycles. The molecule has 1 amide bonds. The summed E-state index contributed by atoms with van der Waals surface area (Å²) in [4.78, 5) is 21.2. The van der Waals surface area contributed by atoms with Crippen molar-refractivity contribution in [3.05, 3.63) is 71.4 Å². The average molecular weight is 405 g/mol. The van der Waals surface area contributed by atoms with Crippen molar-refractivity contribution in [2.24, 2.45) is 0 Å². The van der Waals surface area contributed by atoms with Crippen LogP contribution < -0.4 is 5.32 Å². The van der Waals surface area contributed by atoms with E-state index in [4.69, 9.17) is 4.52 Å². The lowest BCUT2D eigenvalue weighted by Crippen LogP contribution is -2.19. The smallest absolute Gasteiger partial charge is 0.258 e. The molecule has 30 heavy (non-hydrogen) atoms. The van der Waals surface area contributed by atoms with Crippen LogP contribution in [0.15, 0.2) is 53.2 Å². The van der Waals surface area contributed by atoms with Gasteiger partial charge in [-0.2, -0.15) is 4.98 Å². The zero-order chi connectivity index (χ0) is 21.3. The number of halogens is 1. The number of carbonyl (C=O) groups is 1. The normalized spacial score (nSPS) is 10.9. The van der Waals surface area contributed by atoms with E-state index in [0.29, 0.717) is 22.9 Å². The van der Waals surface area contributed by atoms with Gasteiger partial charge in [0.25, 0.3) is 5.89 Å². The number of hydrogen-bond donors (Lipinski definition) is 1. The first-order valence-corrected chi connectivity index (χ1v) is 9.39. The molecule has 0 spiro atoms. The molecule has 0 saturated heterocycles. The molecule has 0 unspecified atom stereocenters. The van der Waals surface area contributed by atoms with Crippen LogP contribution in [0.2, 0.25) is 0 Å². The van der Waals surface area contributed by atoms with Gasteiger partial charge in [-0.15, -0.1) is 0 Å². The van der Waals surface area contributed by atoms with Gasteiger partial charge in [-0.3, -0.25) is 4.79 Å². The highest BCUT2D eigenvalue weighted by molar-refractivity contribution is 5.90. The molecule has 4 aromatic rings. The Kier molecular flexibility index (Phi) is 5.14. The van der Waals surface area contributed by atoms with Gasteiger partial charge in [-0.05, 0) is 68.3 Å². The van der Waals surface area contributed by atoms with E-state index in [1.54, 1.807) is 29.8 Å². The molecule has 0 atom stereocenters. The van der Waals surface area contributed by atoms with E-state index in [0.717, 1.165) is 16.8 Å². The number of amides is 1. The second-order valence-electron chi connectivity index (χ2n) is 7.16. The number of nitrogens with zero attached hydrogens (tertiary/aromatic N) is 4. The number of carbonyl (C=O) groups excluding carboxylic acids is 1. The zero-order valence-corrected chi connectivity index (χ0v) is 16.8. The van der Waals surface area contributed by atoms with E-state index in [1.165, 1.54) is 12.1 Å². The molecular weight excluding hydrogens is 385 g/mol. The minimum absolute atomic E-state index is 0.106. The summed E-state index contributed by atoms with van der Waals surface area (Å²) < 4.78 is 20.1. The minimum atomic E-state index is -0.341. The average Bonchev–Trinajstić information content (AvgIpc) is 3.29. The molecule has 7 nitrogen and oxygen atoms in total. The monoisotopic (exact) mass is 405 g/mol. The molecule has 0 aliphatic rings. The number of hydrogen-bond acceptors (Lipinski definition) is 5. The molecule has 0 fully saturated rings. The molecule has 2 aromatic carbocycles. The molecule has 2 aromatic heterocycles. The molecule has 0 radical (unpaired) electrons. The van der Waals surface area contributed by atoms with Crippen molar-refractivity contribution in [2.75, 3.05) is 5.32 Å². The maximum absolute atomic E-state index is 13.1. The van der Waals surface area contributed by atoms with E-state index in [1.807, 2.05) is 32.0 Å². The van der Waals surface area contributed by atoms with Gasteiger partial charge in [0.1, 0.15) is 23.9 Å². The van der Waals surface area contributed by atoms with Crippen LogP contribution in [0.25, 0.3) is 23.0 Å². The highest BCUT2D eigenvalue weighted by Crippen LogP contribution is 2.22. The minimum Gasteiger partial charge on any atom is -0.334 e. The number of rotatable bonds is 5. The highest BCUT2D eigenvalue weighted by atomic mass is 19.1. The summed E-state index contributed by atoms with van der Waals surface area (Å²) >= 11 is 0. The van der Waals surface area contributed by atoms with E-state index in [2.05, 4.69) is 20.4 Å². The van der Waals surface area contributed by atoms with Gasteiger partial charge in [-0.1, -0.05) is 11.2 Å². The predicted octanol–water partition coefficient (Wildman–Crippen LogP) is 4.30. The summed E-state index contributed by atoms with van der Waals surface area (Å²) in [5, 5.41) is 6.86. The van der Waals surface area contributed by atoms with Gasteiger partial charge in [0.2, 0.25) is 11.7 Å². The standard InChI is InChI=1S/C22H20FN5O2/c1-13-8-14(2)10-18(9-13)25-20(29)12-28-11-19(24-15(28)3)21-26-22(30-27-21)16-4-6-17(23)7-5-16/h4-11H,12H2,1-3H3,(H,25,29). The summed E-state index contributed by atoms with van der Waals surface area (Å²) in [5.41, 5.74) is 4.03. The molecule has 0 aliphatic carbocycles. The Labute approximate surface area is 172 Å². The van der Waals surface area contributed by atoms with E-state index >= 15 is 0 Å². The number of aromatic nitrogens is 4. The van der Waals surface area contributed by atoms with E-state index in [9.17, 15) is 9.18 Å². The molecular formula is C22H20FN5O2. The fourth-order valence-electron chi connectivity index (χ4n) is 3.22. The van der Waals surface area contributed by atoms with Crippen molar-refractivity contribution >= 4 is 11.6 Å². The first-order chi connectivity index (χ1) is 14.4. The van der Waals surface area contributed by atoms with Crippen molar-refractivity contribution in [3.8, 4) is 23.0 Å². The summed E-state index contributed by atoms with van der Waals surface area (Å²) in [7, 11) is 0. The van der Waals surface area contributed by atoms with Crippen molar-refractivity contribution < 1.29 is 13.7 Å². The Bertz CT molecular complexity index is 1190. The summed E-state index contributed by atoms with van der Waals surface area (Å²) in [5.74, 6) is 0.712. The molecule has 0 saturated carbocycles. The first-order valence-electron chi connectivity index (χ1n) is 9.39. The van der Waals surface area contributed by atoms with Gasteiger partial charge >= 0.3 is 0 Å². The maximum atomic E-state index is 13.1. The fraction of sp³-hybridized carbons (Fsp3) is 0.182. The van der Waals surface area contributed by atoms with Crippen LogP contribution >= 0.6 is 0 Å². The van der Waals surface area contributed by atoms with E-state index in [-0.39, 0.29) is 24.2 Å². The predicted molar refractivity (Wildman–Crippen MR) is 110 cm³/mol. The third kappa shape index (κ3) is 4.27. The molecule has 4 rings (SSSR count).